The lowest BCUT2D eigenvalue weighted by Crippen LogP contribution is -2.46. The van der Waals surface area contributed by atoms with Gasteiger partial charge < -0.3 is 15.0 Å². The number of nitrogens with zero attached hydrogens (tertiary/aromatic N) is 3. The summed E-state index contributed by atoms with van der Waals surface area (Å²) in [7, 11) is 0. The number of nitrogens with one attached hydrogen (secondary N) is 1. The molecule has 1 atom stereocenters. The quantitative estimate of drug-likeness (QED) is 0.611. The van der Waals surface area contributed by atoms with E-state index < -0.39 is 0 Å². The Morgan fingerprint density at radius 3 is 2.40 bits per heavy atom. The van der Waals surface area contributed by atoms with Gasteiger partial charge in [0, 0.05) is 45.3 Å². The van der Waals surface area contributed by atoms with E-state index in [9.17, 15) is 0 Å². The SMILES string of the molecule is CCNC(=NCC1CCC(CC)CC1)N1CCC(N2CCOCC2)C1. The first kappa shape index (κ1) is 19.0. The van der Waals surface area contributed by atoms with E-state index in [-0.39, 0.29) is 0 Å². The van der Waals surface area contributed by atoms with Gasteiger partial charge in [-0.25, -0.2) is 0 Å². The molecular weight excluding hydrogens is 312 g/mol. The number of rotatable bonds is 5. The molecule has 1 N–H and O–H groups in total. The molecule has 5 nitrogen and oxygen atoms in total. The van der Waals surface area contributed by atoms with Crippen LogP contribution in [0.2, 0.25) is 0 Å². The van der Waals surface area contributed by atoms with E-state index in [1.54, 1.807) is 0 Å². The summed E-state index contributed by atoms with van der Waals surface area (Å²) < 4.78 is 5.50. The maximum Gasteiger partial charge on any atom is 0.193 e. The fraction of sp³-hybridized carbons (Fsp3) is 0.950. The molecule has 0 radical (unpaired) electrons. The average molecular weight is 351 g/mol. The summed E-state index contributed by atoms with van der Waals surface area (Å²) in [6.45, 7) is 12.7. The van der Waals surface area contributed by atoms with Gasteiger partial charge in [0.05, 0.1) is 13.2 Å². The van der Waals surface area contributed by atoms with E-state index in [1.165, 1.54) is 38.5 Å². The topological polar surface area (TPSA) is 40.1 Å². The average Bonchev–Trinajstić information content (AvgIpc) is 3.16. The van der Waals surface area contributed by atoms with Crippen molar-refractivity contribution in [1.29, 1.82) is 0 Å². The molecule has 1 aliphatic carbocycles. The molecule has 2 heterocycles. The van der Waals surface area contributed by atoms with Crippen LogP contribution in [0.4, 0.5) is 0 Å². The van der Waals surface area contributed by atoms with Crippen molar-refractivity contribution < 1.29 is 4.74 Å². The lowest BCUT2D eigenvalue weighted by Gasteiger charge is -2.32. The fourth-order valence-corrected chi connectivity index (χ4v) is 4.64. The van der Waals surface area contributed by atoms with Crippen LogP contribution in [0.5, 0.6) is 0 Å². The molecular formula is C20H38N4O. The second-order valence-corrected chi connectivity index (χ2v) is 8.03. The van der Waals surface area contributed by atoms with Crippen LogP contribution in [0.15, 0.2) is 4.99 Å². The van der Waals surface area contributed by atoms with E-state index in [0.29, 0.717) is 6.04 Å². The lowest BCUT2D eigenvalue weighted by molar-refractivity contribution is 0.0195. The van der Waals surface area contributed by atoms with Gasteiger partial charge >= 0.3 is 0 Å². The number of ether oxygens (including phenoxy) is 1. The van der Waals surface area contributed by atoms with Crippen molar-refractivity contribution in [3.8, 4) is 0 Å². The summed E-state index contributed by atoms with van der Waals surface area (Å²) in [4.78, 5) is 10.1. The van der Waals surface area contributed by atoms with Gasteiger partial charge in [0.25, 0.3) is 0 Å². The van der Waals surface area contributed by atoms with Crippen molar-refractivity contribution in [2.45, 2.75) is 58.4 Å². The molecule has 1 unspecified atom stereocenters. The number of aliphatic imine (C=N–C) groups is 1. The van der Waals surface area contributed by atoms with Crippen LogP contribution in [-0.4, -0.2) is 74.3 Å². The number of hydrogen-bond acceptors (Lipinski definition) is 3. The van der Waals surface area contributed by atoms with Gasteiger partial charge in [-0.15, -0.1) is 0 Å². The maximum atomic E-state index is 5.50. The molecule has 0 spiro atoms. The Morgan fingerprint density at radius 2 is 1.72 bits per heavy atom. The number of guanidine groups is 1. The second kappa shape index (κ2) is 9.77. The smallest absolute Gasteiger partial charge is 0.193 e. The van der Waals surface area contributed by atoms with Crippen LogP contribution in [0.1, 0.15) is 52.4 Å². The Morgan fingerprint density at radius 1 is 1.00 bits per heavy atom. The van der Waals surface area contributed by atoms with Crippen molar-refractivity contribution in [3.63, 3.8) is 0 Å². The molecule has 5 heteroatoms. The van der Waals surface area contributed by atoms with Crippen molar-refractivity contribution in [1.82, 2.24) is 15.1 Å². The van der Waals surface area contributed by atoms with Crippen LogP contribution >= 0.6 is 0 Å². The summed E-state index contributed by atoms with van der Waals surface area (Å²) in [5, 5.41) is 3.54. The molecule has 0 aromatic heterocycles. The summed E-state index contributed by atoms with van der Waals surface area (Å²) in [6.07, 6.45) is 8.18. The van der Waals surface area contributed by atoms with Crippen LogP contribution in [0.25, 0.3) is 0 Å². The Hall–Kier alpha value is -0.810. The molecule has 2 saturated heterocycles. The highest BCUT2D eigenvalue weighted by molar-refractivity contribution is 5.80. The van der Waals surface area contributed by atoms with Crippen LogP contribution in [0.3, 0.4) is 0 Å². The Kier molecular flexibility index (Phi) is 7.41. The van der Waals surface area contributed by atoms with E-state index in [1.807, 2.05) is 0 Å². The molecule has 0 amide bonds. The lowest BCUT2D eigenvalue weighted by atomic mass is 9.81. The number of likely N-dealkylation sites (tertiary alicyclic amines) is 1. The van der Waals surface area contributed by atoms with Crippen LogP contribution in [-0.2, 0) is 4.74 Å². The summed E-state index contributed by atoms with van der Waals surface area (Å²) in [6, 6.07) is 0.674. The van der Waals surface area contributed by atoms with Crippen LogP contribution in [0, 0.1) is 11.8 Å². The third-order valence-corrected chi connectivity index (χ3v) is 6.40. The number of hydrogen-bond donors (Lipinski definition) is 1. The minimum atomic E-state index is 0.674. The third-order valence-electron chi connectivity index (χ3n) is 6.40. The normalized spacial score (nSPS) is 32.2. The minimum absolute atomic E-state index is 0.674. The van der Waals surface area contributed by atoms with E-state index in [2.05, 4.69) is 29.0 Å². The van der Waals surface area contributed by atoms with E-state index in [4.69, 9.17) is 9.73 Å². The van der Waals surface area contributed by atoms with Crippen molar-refractivity contribution in [2.75, 3.05) is 52.5 Å². The molecule has 25 heavy (non-hydrogen) atoms. The zero-order valence-corrected chi connectivity index (χ0v) is 16.4. The first-order valence-corrected chi connectivity index (χ1v) is 10.6. The molecule has 0 bridgehead atoms. The Balaban J connectivity index is 1.50. The molecule has 3 rings (SSSR count). The number of morpholine rings is 1. The molecule has 144 valence electrons. The molecule has 2 aliphatic heterocycles. The zero-order valence-electron chi connectivity index (χ0n) is 16.4. The van der Waals surface area contributed by atoms with Crippen LogP contribution < -0.4 is 5.32 Å². The van der Waals surface area contributed by atoms with E-state index in [0.717, 1.165) is 70.3 Å². The minimum Gasteiger partial charge on any atom is -0.379 e. The highest BCUT2D eigenvalue weighted by Gasteiger charge is 2.30. The zero-order chi connectivity index (χ0) is 17.5. The molecule has 3 aliphatic rings. The Bertz CT molecular complexity index is 414. The molecule has 0 aromatic carbocycles. The van der Waals surface area contributed by atoms with Gasteiger partial charge in [0.1, 0.15) is 0 Å². The largest absolute Gasteiger partial charge is 0.379 e. The van der Waals surface area contributed by atoms with Gasteiger partial charge in [0.15, 0.2) is 5.96 Å². The van der Waals surface area contributed by atoms with E-state index >= 15 is 0 Å². The molecule has 0 aromatic rings. The second-order valence-electron chi connectivity index (χ2n) is 8.03. The highest BCUT2D eigenvalue weighted by atomic mass is 16.5. The monoisotopic (exact) mass is 350 g/mol. The first-order valence-electron chi connectivity index (χ1n) is 10.6. The molecule has 1 saturated carbocycles. The van der Waals surface area contributed by atoms with Crippen molar-refractivity contribution >= 4 is 5.96 Å². The highest BCUT2D eigenvalue weighted by Crippen LogP contribution is 2.30. The maximum absolute atomic E-state index is 5.50. The standard InChI is InChI=1S/C20H38N4O/c1-3-17-5-7-18(8-6-17)15-22-20(21-4-2)24-10-9-19(16-24)23-11-13-25-14-12-23/h17-19H,3-16H2,1-2H3,(H,21,22). The molecule has 3 fully saturated rings. The summed E-state index contributed by atoms with van der Waals surface area (Å²) >= 11 is 0. The van der Waals surface area contributed by atoms with Gasteiger partial charge in [-0.05, 0) is 38.0 Å². The van der Waals surface area contributed by atoms with Gasteiger partial charge in [0.2, 0.25) is 0 Å². The Labute approximate surface area is 154 Å². The van der Waals surface area contributed by atoms with Crippen molar-refractivity contribution in [3.05, 3.63) is 0 Å². The van der Waals surface area contributed by atoms with Gasteiger partial charge in [-0.1, -0.05) is 26.2 Å². The summed E-state index contributed by atoms with van der Waals surface area (Å²) in [5.41, 5.74) is 0. The fourth-order valence-electron chi connectivity index (χ4n) is 4.64. The van der Waals surface area contributed by atoms with Crippen molar-refractivity contribution in [2.24, 2.45) is 16.8 Å². The third kappa shape index (κ3) is 5.33. The van der Waals surface area contributed by atoms with Gasteiger partial charge in [-0.3, -0.25) is 9.89 Å². The summed E-state index contributed by atoms with van der Waals surface area (Å²) in [5.74, 6) is 2.92. The first-order chi connectivity index (χ1) is 12.3. The predicted octanol–water partition coefficient (Wildman–Crippen LogP) is 2.57. The predicted molar refractivity (Wildman–Crippen MR) is 104 cm³/mol. The van der Waals surface area contributed by atoms with Gasteiger partial charge in [-0.2, -0.15) is 0 Å².